The van der Waals surface area contributed by atoms with Crippen LogP contribution in [0.3, 0.4) is 0 Å². The van der Waals surface area contributed by atoms with Gasteiger partial charge in [0.2, 0.25) is 0 Å². The molecule has 0 heterocycles. The second-order valence-corrected chi connectivity index (χ2v) is 6.92. The fraction of sp³-hybridized carbons (Fsp3) is 1.00. The molecule has 0 bridgehead atoms. The molecule has 2 heteroatoms. The topological polar surface area (TPSA) is 21.3 Å². The number of unbranched alkanes of at least 4 members (excludes halogenated alkanes) is 1. The molecule has 0 aliphatic carbocycles. The Morgan fingerprint density at radius 2 is 1.58 bits per heavy atom. The van der Waals surface area contributed by atoms with Gasteiger partial charge in [0.15, 0.2) is 0 Å². The second kappa shape index (κ2) is 9.77. The molecule has 0 radical (unpaired) electrons. The van der Waals surface area contributed by atoms with E-state index in [4.69, 9.17) is 4.74 Å². The predicted molar refractivity (Wildman–Crippen MR) is 85.7 cm³/mol. The van der Waals surface area contributed by atoms with Crippen LogP contribution in [0.5, 0.6) is 0 Å². The quantitative estimate of drug-likeness (QED) is 0.546. The van der Waals surface area contributed by atoms with Crippen molar-refractivity contribution in [2.45, 2.75) is 85.6 Å². The fourth-order valence-corrected chi connectivity index (χ4v) is 2.32. The molecule has 0 amide bonds. The molecular formula is C17H37NO. The molecule has 0 aliphatic heterocycles. The van der Waals surface area contributed by atoms with E-state index in [0.29, 0.717) is 5.41 Å². The first-order valence-electron chi connectivity index (χ1n) is 8.22. The van der Waals surface area contributed by atoms with Gasteiger partial charge >= 0.3 is 0 Å². The smallest absolute Gasteiger partial charge is 0.0471 e. The Balaban J connectivity index is 4.40. The van der Waals surface area contributed by atoms with Crippen molar-refractivity contribution >= 4 is 0 Å². The Bertz CT molecular complexity index is 210. The molecular weight excluding hydrogens is 234 g/mol. The lowest BCUT2D eigenvalue weighted by molar-refractivity contribution is 0.0817. The molecule has 0 aromatic carbocycles. The zero-order valence-electron chi connectivity index (χ0n) is 14.3. The SMILES string of the molecule is CCCCC(CC)(CCOCCC)CNC(C)(C)C. The van der Waals surface area contributed by atoms with E-state index in [2.05, 4.69) is 46.9 Å². The third-order valence-corrected chi connectivity index (χ3v) is 3.93. The summed E-state index contributed by atoms with van der Waals surface area (Å²) in [7, 11) is 0. The monoisotopic (exact) mass is 271 g/mol. The van der Waals surface area contributed by atoms with E-state index in [1.54, 1.807) is 0 Å². The zero-order chi connectivity index (χ0) is 14.8. The summed E-state index contributed by atoms with van der Waals surface area (Å²) in [6.45, 7) is 16.5. The molecule has 0 aromatic rings. The highest BCUT2D eigenvalue weighted by atomic mass is 16.5. The van der Waals surface area contributed by atoms with E-state index in [9.17, 15) is 0 Å². The first-order chi connectivity index (χ1) is 8.89. The van der Waals surface area contributed by atoms with Crippen LogP contribution in [-0.2, 0) is 4.74 Å². The summed E-state index contributed by atoms with van der Waals surface area (Å²) in [5.41, 5.74) is 0.619. The predicted octanol–water partition coefficient (Wildman–Crippen LogP) is 4.78. The highest BCUT2D eigenvalue weighted by Crippen LogP contribution is 2.32. The molecule has 0 saturated carbocycles. The third kappa shape index (κ3) is 9.45. The minimum Gasteiger partial charge on any atom is -0.381 e. The molecule has 0 aliphatic rings. The lowest BCUT2D eigenvalue weighted by Crippen LogP contribution is -2.44. The van der Waals surface area contributed by atoms with Gasteiger partial charge in [-0.15, -0.1) is 0 Å². The lowest BCUT2D eigenvalue weighted by atomic mass is 9.77. The number of hydrogen-bond acceptors (Lipinski definition) is 2. The van der Waals surface area contributed by atoms with Crippen molar-refractivity contribution in [1.82, 2.24) is 5.32 Å². The molecule has 116 valence electrons. The molecule has 1 unspecified atom stereocenters. The van der Waals surface area contributed by atoms with Crippen LogP contribution in [0.1, 0.15) is 80.1 Å². The van der Waals surface area contributed by atoms with Gasteiger partial charge < -0.3 is 10.1 Å². The Labute approximate surface area is 121 Å². The summed E-state index contributed by atoms with van der Waals surface area (Å²) in [5.74, 6) is 0. The van der Waals surface area contributed by atoms with E-state index in [-0.39, 0.29) is 5.54 Å². The summed E-state index contributed by atoms with van der Waals surface area (Å²) < 4.78 is 5.72. The van der Waals surface area contributed by atoms with Gasteiger partial charge in [-0.05, 0) is 51.9 Å². The van der Waals surface area contributed by atoms with Crippen molar-refractivity contribution in [2.24, 2.45) is 5.41 Å². The summed E-state index contributed by atoms with van der Waals surface area (Å²) in [5, 5.41) is 3.71. The van der Waals surface area contributed by atoms with Crippen LogP contribution in [0.2, 0.25) is 0 Å². The van der Waals surface area contributed by atoms with Gasteiger partial charge in [-0.2, -0.15) is 0 Å². The molecule has 0 saturated heterocycles. The average Bonchev–Trinajstić information content (AvgIpc) is 2.36. The van der Waals surface area contributed by atoms with Crippen molar-refractivity contribution in [3.05, 3.63) is 0 Å². The number of ether oxygens (including phenoxy) is 1. The fourth-order valence-electron chi connectivity index (χ4n) is 2.32. The van der Waals surface area contributed by atoms with Crippen LogP contribution >= 0.6 is 0 Å². The van der Waals surface area contributed by atoms with Gasteiger partial charge in [0.25, 0.3) is 0 Å². The minimum absolute atomic E-state index is 0.205. The van der Waals surface area contributed by atoms with Crippen LogP contribution in [0.15, 0.2) is 0 Å². The largest absolute Gasteiger partial charge is 0.381 e. The van der Waals surface area contributed by atoms with Crippen LogP contribution in [0, 0.1) is 5.41 Å². The van der Waals surface area contributed by atoms with Crippen LogP contribution in [0.4, 0.5) is 0 Å². The summed E-state index contributed by atoms with van der Waals surface area (Å²) in [6.07, 6.45) is 7.48. The Hall–Kier alpha value is -0.0800. The molecule has 0 aromatic heterocycles. The summed E-state index contributed by atoms with van der Waals surface area (Å²) >= 11 is 0. The molecule has 0 spiro atoms. The van der Waals surface area contributed by atoms with Crippen molar-refractivity contribution < 1.29 is 4.74 Å². The first-order valence-corrected chi connectivity index (χ1v) is 8.22. The van der Waals surface area contributed by atoms with Crippen LogP contribution in [0.25, 0.3) is 0 Å². The van der Waals surface area contributed by atoms with E-state index < -0.39 is 0 Å². The van der Waals surface area contributed by atoms with E-state index in [1.165, 1.54) is 32.1 Å². The van der Waals surface area contributed by atoms with Gasteiger partial charge in [-0.25, -0.2) is 0 Å². The van der Waals surface area contributed by atoms with Gasteiger partial charge in [0, 0.05) is 25.3 Å². The summed E-state index contributed by atoms with van der Waals surface area (Å²) in [4.78, 5) is 0. The van der Waals surface area contributed by atoms with Gasteiger partial charge in [0.05, 0.1) is 0 Å². The van der Waals surface area contributed by atoms with Gasteiger partial charge in [0.1, 0.15) is 0 Å². The standard InChI is InChI=1S/C17H37NO/c1-7-10-11-17(9-3,12-14-19-13-8-2)15-18-16(4,5)6/h18H,7-15H2,1-6H3. The lowest BCUT2D eigenvalue weighted by Gasteiger charge is -2.36. The molecule has 2 nitrogen and oxygen atoms in total. The second-order valence-electron chi connectivity index (χ2n) is 6.92. The van der Waals surface area contributed by atoms with E-state index in [0.717, 1.165) is 26.2 Å². The summed E-state index contributed by atoms with van der Waals surface area (Å²) in [6, 6.07) is 0. The number of hydrogen-bond donors (Lipinski definition) is 1. The third-order valence-electron chi connectivity index (χ3n) is 3.93. The molecule has 1 N–H and O–H groups in total. The molecule has 1 atom stereocenters. The number of nitrogens with one attached hydrogen (secondary N) is 1. The minimum atomic E-state index is 0.205. The maximum atomic E-state index is 5.72. The number of rotatable bonds is 11. The van der Waals surface area contributed by atoms with Crippen LogP contribution < -0.4 is 5.32 Å². The van der Waals surface area contributed by atoms with E-state index >= 15 is 0 Å². The van der Waals surface area contributed by atoms with E-state index in [1.807, 2.05) is 0 Å². The first kappa shape index (κ1) is 18.9. The van der Waals surface area contributed by atoms with Gasteiger partial charge in [-0.1, -0.05) is 33.6 Å². The molecule has 0 fully saturated rings. The van der Waals surface area contributed by atoms with Crippen LogP contribution in [-0.4, -0.2) is 25.3 Å². The molecule has 19 heavy (non-hydrogen) atoms. The maximum absolute atomic E-state index is 5.72. The Morgan fingerprint density at radius 3 is 2.05 bits per heavy atom. The van der Waals surface area contributed by atoms with Crippen molar-refractivity contribution in [3.8, 4) is 0 Å². The van der Waals surface area contributed by atoms with Crippen molar-refractivity contribution in [3.63, 3.8) is 0 Å². The van der Waals surface area contributed by atoms with Crippen molar-refractivity contribution in [2.75, 3.05) is 19.8 Å². The highest BCUT2D eigenvalue weighted by molar-refractivity contribution is 4.84. The highest BCUT2D eigenvalue weighted by Gasteiger charge is 2.28. The average molecular weight is 271 g/mol. The normalized spacial score (nSPS) is 15.5. The Morgan fingerprint density at radius 1 is 0.895 bits per heavy atom. The maximum Gasteiger partial charge on any atom is 0.0471 e. The van der Waals surface area contributed by atoms with Gasteiger partial charge in [-0.3, -0.25) is 0 Å². The molecule has 0 rings (SSSR count). The van der Waals surface area contributed by atoms with Crippen molar-refractivity contribution in [1.29, 1.82) is 0 Å². The zero-order valence-corrected chi connectivity index (χ0v) is 14.3. The Kier molecular flexibility index (Phi) is 9.72.